The SMILES string of the molecule is Cc1cccc(OCCN[C@@H](C)CO)c1C.Cc1cccc(OCCN[C@@H](C)CO)c1C. The second-order valence-electron chi connectivity index (χ2n) is 8.17. The van der Waals surface area contributed by atoms with E-state index in [0.717, 1.165) is 24.6 Å². The Morgan fingerprint density at radius 3 is 1.41 bits per heavy atom. The molecule has 6 heteroatoms. The van der Waals surface area contributed by atoms with E-state index in [1.807, 2.05) is 38.1 Å². The van der Waals surface area contributed by atoms with Gasteiger partial charge in [-0.05, 0) is 75.9 Å². The first-order valence-electron chi connectivity index (χ1n) is 11.4. The van der Waals surface area contributed by atoms with Crippen molar-refractivity contribution in [1.29, 1.82) is 0 Å². The van der Waals surface area contributed by atoms with Gasteiger partial charge in [-0.2, -0.15) is 0 Å². The Bertz CT molecular complexity index is 717. The smallest absolute Gasteiger partial charge is 0.122 e. The number of aliphatic hydroxyl groups excluding tert-OH is 2. The molecule has 0 amide bonds. The van der Waals surface area contributed by atoms with Crippen molar-refractivity contribution in [2.24, 2.45) is 0 Å². The molecular formula is C26H42N2O4. The summed E-state index contributed by atoms with van der Waals surface area (Å²) in [5.74, 6) is 1.89. The molecule has 0 radical (unpaired) electrons. The van der Waals surface area contributed by atoms with Gasteiger partial charge >= 0.3 is 0 Å². The summed E-state index contributed by atoms with van der Waals surface area (Å²) in [5.41, 5.74) is 4.87. The van der Waals surface area contributed by atoms with E-state index in [1.54, 1.807) is 0 Å². The number of hydrogen-bond acceptors (Lipinski definition) is 6. The predicted molar refractivity (Wildman–Crippen MR) is 132 cm³/mol. The average Bonchev–Trinajstić information content (AvgIpc) is 2.79. The zero-order valence-electron chi connectivity index (χ0n) is 20.6. The zero-order valence-corrected chi connectivity index (χ0v) is 20.6. The fraction of sp³-hybridized carbons (Fsp3) is 0.538. The van der Waals surface area contributed by atoms with E-state index in [2.05, 4.69) is 50.5 Å². The Morgan fingerprint density at radius 1 is 0.688 bits per heavy atom. The maximum absolute atomic E-state index is 8.83. The Kier molecular flexibility index (Phi) is 13.6. The predicted octanol–water partition coefficient (Wildman–Crippen LogP) is 3.31. The summed E-state index contributed by atoms with van der Waals surface area (Å²) in [7, 11) is 0. The van der Waals surface area contributed by atoms with Crippen LogP contribution in [0, 0.1) is 27.7 Å². The van der Waals surface area contributed by atoms with Gasteiger partial charge < -0.3 is 30.3 Å². The molecule has 0 unspecified atom stereocenters. The highest BCUT2D eigenvalue weighted by Crippen LogP contribution is 2.21. The standard InChI is InChI=1S/2C13H21NO2/c2*1-10-5-4-6-13(12(10)3)16-8-7-14-11(2)9-15/h2*4-6,11,14-15H,7-9H2,1-3H3/t2*11-/m00/s1. The molecule has 0 aromatic heterocycles. The summed E-state index contributed by atoms with van der Waals surface area (Å²) in [5, 5.41) is 24.0. The fourth-order valence-electron chi connectivity index (χ4n) is 2.82. The van der Waals surface area contributed by atoms with Crippen LogP contribution in [0.1, 0.15) is 36.1 Å². The molecule has 0 saturated carbocycles. The van der Waals surface area contributed by atoms with Crippen LogP contribution in [0.4, 0.5) is 0 Å². The first kappa shape index (κ1) is 27.9. The zero-order chi connectivity index (χ0) is 23.9. The number of benzene rings is 2. The maximum Gasteiger partial charge on any atom is 0.122 e. The van der Waals surface area contributed by atoms with E-state index in [1.165, 1.54) is 22.3 Å². The van der Waals surface area contributed by atoms with E-state index in [9.17, 15) is 0 Å². The molecular weight excluding hydrogens is 404 g/mol. The second-order valence-corrected chi connectivity index (χ2v) is 8.17. The molecule has 0 bridgehead atoms. The van der Waals surface area contributed by atoms with E-state index < -0.39 is 0 Å². The van der Waals surface area contributed by atoms with Crippen molar-refractivity contribution in [3.63, 3.8) is 0 Å². The molecule has 2 rings (SSSR count). The van der Waals surface area contributed by atoms with Crippen LogP contribution in [0.2, 0.25) is 0 Å². The third kappa shape index (κ3) is 10.5. The lowest BCUT2D eigenvalue weighted by Crippen LogP contribution is -2.32. The van der Waals surface area contributed by atoms with E-state index in [0.29, 0.717) is 13.2 Å². The van der Waals surface area contributed by atoms with Gasteiger partial charge in [0, 0.05) is 25.2 Å². The topological polar surface area (TPSA) is 83.0 Å². The van der Waals surface area contributed by atoms with Crippen molar-refractivity contribution in [2.75, 3.05) is 39.5 Å². The summed E-state index contributed by atoms with van der Waals surface area (Å²) < 4.78 is 11.3. The summed E-state index contributed by atoms with van der Waals surface area (Å²) >= 11 is 0. The van der Waals surface area contributed by atoms with Crippen molar-refractivity contribution >= 4 is 0 Å². The maximum atomic E-state index is 8.83. The summed E-state index contributed by atoms with van der Waals surface area (Å²) in [6, 6.07) is 12.4. The van der Waals surface area contributed by atoms with Crippen LogP contribution >= 0.6 is 0 Å². The van der Waals surface area contributed by atoms with Gasteiger partial charge in [0.2, 0.25) is 0 Å². The largest absolute Gasteiger partial charge is 0.492 e. The molecule has 0 saturated heterocycles. The summed E-state index contributed by atoms with van der Waals surface area (Å²) in [4.78, 5) is 0. The highest BCUT2D eigenvalue weighted by atomic mass is 16.5. The van der Waals surface area contributed by atoms with Gasteiger partial charge in [-0.3, -0.25) is 0 Å². The van der Waals surface area contributed by atoms with E-state index in [-0.39, 0.29) is 25.3 Å². The van der Waals surface area contributed by atoms with Crippen LogP contribution in [0.3, 0.4) is 0 Å². The Labute approximate surface area is 194 Å². The molecule has 0 aliphatic rings. The molecule has 0 aliphatic carbocycles. The van der Waals surface area contributed by atoms with Crippen molar-refractivity contribution in [3.8, 4) is 11.5 Å². The quantitative estimate of drug-likeness (QED) is 0.375. The van der Waals surface area contributed by atoms with Crippen LogP contribution in [0.15, 0.2) is 36.4 Å². The molecule has 0 fully saturated rings. The van der Waals surface area contributed by atoms with Crippen LogP contribution in [-0.2, 0) is 0 Å². The summed E-state index contributed by atoms with van der Waals surface area (Å²) in [6.07, 6.45) is 0. The first-order valence-corrected chi connectivity index (χ1v) is 11.4. The van der Waals surface area contributed by atoms with Crippen LogP contribution < -0.4 is 20.1 Å². The van der Waals surface area contributed by atoms with Gasteiger partial charge in [-0.1, -0.05) is 24.3 Å². The van der Waals surface area contributed by atoms with Gasteiger partial charge in [-0.25, -0.2) is 0 Å². The highest BCUT2D eigenvalue weighted by molar-refractivity contribution is 5.38. The van der Waals surface area contributed by atoms with Gasteiger partial charge in [0.05, 0.1) is 13.2 Å². The molecule has 0 aliphatic heterocycles. The van der Waals surface area contributed by atoms with Crippen LogP contribution in [0.25, 0.3) is 0 Å². The molecule has 4 N–H and O–H groups in total. The molecule has 0 heterocycles. The minimum Gasteiger partial charge on any atom is -0.492 e. The third-order valence-electron chi connectivity index (χ3n) is 5.36. The minimum atomic E-state index is 0.127. The van der Waals surface area contributed by atoms with Gasteiger partial charge in [0.25, 0.3) is 0 Å². The van der Waals surface area contributed by atoms with Crippen molar-refractivity contribution in [1.82, 2.24) is 10.6 Å². The normalized spacial score (nSPS) is 12.5. The molecule has 2 atom stereocenters. The second kappa shape index (κ2) is 15.6. The molecule has 32 heavy (non-hydrogen) atoms. The monoisotopic (exact) mass is 446 g/mol. The Balaban J connectivity index is 0.000000320. The van der Waals surface area contributed by atoms with Crippen molar-refractivity contribution in [2.45, 2.75) is 53.6 Å². The lowest BCUT2D eigenvalue weighted by Gasteiger charge is -2.13. The first-order chi connectivity index (χ1) is 15.3. The van der Waals surface area contributed by atoms with Gasteiger partial charge in [-0.15, -0.1) is 0 Å². The number of nitrogens with one attached hydrogen (secondary N) is 2. The average molecular weight is 447 g/mol. The van der Waals surface area contributed by atoms with Gasteiger partial charge in [0.1, 0.15) is 24.7 Å². The lowest BCUT2D eigenvalue weighted by molar-refractivity contribution is 0.238. The molecule has 2 aromatic rings. The van der Waals surface area contributed by atoms with E-state index >= 15 is 0 Å². The Morgan fingerprint density at radius 2 is 1.06 bits per heavy atom. The van der Waals surface area contributed by atoms with Crippen LogP contribution in [-0.4, -0.2) is 61.8 Å². The number of rotatable bonds is 12. The molecule has 0 spiro atoms. The minimum absolute atomic E-state index is 0.127. The third-order valence-corrected chi connectivity index (χ3v) is 5.36. The van der Waals surface area contributed by atoms with Gasteiger partial charge in [0.15, 0.2) is 0 Å². The van der Waals surface area contributed by atoms with E-state index in [4.69, 9.17) is 19.7 Å². The number of aryl methyl sites for hydroxylation is 2. The Hall–Kier alpha value is -2.12. The van der Waals surface area contributed by atoms with Crippen LogP contribution in [0.5, 0.6) is 11.5 Å². The van der Waals surface area contributed by atoms with Crippen molar-refractivity contribution < 1.29 is 19.7 Å². The molecule has 180 valence electrons. The molecule has 6 nitrogen and oxygen atoms in total. The van der Waals surface area contributed by atoms with Crippen molar-refractivity contribution in [3.05, 3.63) is 58.7 Å². The number of hydrogen-bond donors (Lipinski definition) is 4. The lowest BCUT2D eigenvalue weighted by atomic mass is 10.1. The molecule has 2 aromatic carbocycles. The fourth-order valence-corrected chi connectivity index (χ4v) is 2.82. The summed E-state index contributed by atoms with van der Waals surface area (Å²) in [6.45, 7) is 15.2. The number of ether oxygens (including phenoxy) is 2. The highest BCUT2D eigenvalue weighted by Gasteiger charge is 2.03. The number of aliphatic hydroxyl groups is 2.